The zero-order chi connectivity index (χ0) is 24.9. The van der Waals surface area contributed by atoms with Gasteiger partial charge in [0.05, 0.1) is 6.26 Å². The first kappa shape index (κ1) is 33.4. The summed E-state index contributed by atoms with van der Waals surface area (Å²) in [5.41, 5.74) is 2.83. The van der Waals surface area contributed by atoms with E-state index in [0.29, 0.717) is 42.7 Å². The van der Waals surface area contributed by atoms with Gasteiger partial charge >= 0.3 is 0 Å². The largest absolute Gasteiger partial charge is 0.515 e. The molecule has 1 aliphatic rings. The molecule has 1 atom stereocenters. The topological polar surface area (TPSA) is 82.6 Å². The molecule has 0 bridgehead atoms. The molecule has 182 valence electrons. The molecule has 6 nitrogen and oxygen atoms in total. The first-order valence-electron chi connectivity index (χ1n) is 11.0. The number of hydrogen-bond donors (Lipinski definition) is 4. The minimum Gasteiger partial charge on any atom is -0.515 e. The van der Waals surface area contributed by atoms with Crippen LogP contribution in [0, 0.1) is 0 Å². The van der Waals surface area contributed by atoms with E-state index in [1.54, 1.807) is 32.5 Å². The molecule has 0 saturated carbocycles. The van der Waals surface area contributed by atoms with Crippen LogP contribution in [0.15, 0.2) is 48.1 Å². The lowest BCUT2D eigenvalue weighted by Crippen LogP contribution is -2.48. The van der Waals surface area contributed by atoms with Crippen molar-refractivity contribution >= 4 is 5.91 Å². The molecule has 0 spiro atoms. The van der Waals surface area contributed by atoms with Gasteiger partial charge in [0, 0.05) is 32.1 Å². The van der Waals surface area contributed by atoms with Gasteiger partial charge in [-0.2, -0.15) is 5.54 Å². The predicted octanol–water partition coefficient (Wildman–Crippen LogP) is 5.62. The Morgan fingerprint density at radius 1 is 1.29 bits per heavy atom. The zero-order valence-electron chi connectivity index (χ0n) is 21.0. The van der Waals surface area contributed by atoms with Crippen molar-refractivity contribution in [2.45, 2.75) is 79.8 Å². The highest BCUT2D eigenvalue weighted by molar-refractivity contribution is 5.85. The Hall–Kier alpha value is -2.28. The van der Waals surface area contributed by atoms with E-state index in [2.05, 4.69) is 37.6 Å². The van der Waals surface area contributed by atoms with E-state index in [1.807, 2.05) is 20.9 Å². The molecule has 1 rings (SSSR count). The summed E-state index contributed by atoms with van der Waals surface area (Å²) >= 11 is 0. The number of carbonyl (C=O) groups is 1. The van der Waals surface area contributed by atoms with Crippen LogP contribution < -0.4 is 16.2 Å². The van der Waals surface area contributed by atoms with Gasteiger partial charge in [-0.05, 0) is 51.0 Å². The van der Waals surface area contributed by atoms with Crippen molar-refractivity contribution in [3.05, 3.63) is 48.1 Å². The minimum absolute atomic E-state index is 0.194. The average Bonchev–Trinajstić information content (AvgIpc) is 2.78. The third kappa shape index (κ3) is 14.4. The van der Waals surface area contributed by atoms with Gasteiger partial charge in [-0.3, -0.25) is 4.79 Å². The van der Waals surface area contributed by atoms with Gasteiger partial charge in [0.25, 0.3) is 5.91 Å². The predicted molar refractivity (Wildman–Crippen MR) is 130 cm³/mol. The molecule has 0 aromatic heterocycles. The first-order valence-corrected chi connectivity index (χ1v) is 11.0. The molecule has 0 fully saturated rings. The molecule has 1 unspecified atom stereocenters. The van der Waals surface area contributed by atoms with Crippen molar-refractivity contribution in [3.8, 4) is 0 Å². The van der Waals surface area contributed by atoms with Gasteiger partial charge in [0.15, 0.2) is 5.60 Å². The van der Waals surface area contributed by atoms with E-state index < -0.39 is 5.60 Å². The van der Waals surface area contributed by atoms with Crippen LogP contribution in [0.2, 0.25) is 0 Å². The Kier molecular flexibility index (Phi) is 22.6. The Labute approximate surface area is 189 Å². The summed E-state index contributed by atoms with van der Waals surface area (Å²) in [7, 11) is 1.81. The smallest absolute Gasteiger partial charge is 0.263 e. The second-order valence-electron chi connectivity index (χ2n) is 6.93. The van der Waals surface area contributed by atoms with E-state index in [4.69, 9.17) is 4.74 Å². The summed E-state index contributed by atoms with van der Waals surface area (Å²) < 4.78 is 17.7. The summed E-state index contributed by atoms with van der Waals surface area (Å²) in [6, 6.07) is 0. The highest BCUT2D eigenvalue weighted by atomic mass is 19.2. The van der Waals surface area contributed by atoms with Crippen LogP contribution in [0.25, 0.3) is 0 Å². The maximum Gasteiger partial charge on any atom is 0.263 e. The highest BCUT2D eigenvalue weighted by Gasteiger charge is 2.40. The molecular weight excluding hydrogens is 397 g/mol. The second-order valence-corrected chi connectivity index (χ2v) is 6.93. The van der Waals surface area contributed by atoms with E-state index >= 15 is 0 Å². The van der Waals surface area contributed by atoms with E-state index in [0.717, 1.165) is 11.8 Å². The number of ether oxygens (including phenoxy) is 1. The summed E-state index contributed by atoms with van der Waals surface area (Å²) in [5, 5.41) is 14.6. The van der Waals surface area contributed by atoms with Crippen LogP contribution in [-0.2, 0) is 9.53 Å². The van der Waals surface area contributed by atoms with Crippen molar-refractivity contribution in [3.63, 3.8) is 0 Å². The molecule has 4 N–H and O–H groups in total. The van der Waals surface area contributed by atoms with Crippen molar-refractivity contribution in [1.82, 2.24) is 16.2 Å². The van der Waals surface area contributed by atoms with E-state index in [1.165, 1.54) is 6.42 Å². The number of amides is 1. The van der Waals surface area contributed by atoms with Gasteiger partial charge in [0.2, 0.25) is 0 Å². The molecule has 0 saturated heterocycles. The molecule has 0 aliphatic carbocycles. The zero-order valence-corrected chi connectivity index (χ0v) is 21.0. The Morgan fingerprint density at radius 2 is 1.81 bits per heavy atom. The van der Waals surface area contributed by atoms with Crippen LogP contribution in [0.5, 0.6) is 0 Å². The second kappa shape index (κ2) is 21.0. The number of nitrogens with one attached hydrogen (secondary N) is 3. The number of aliphatic hydroxyl groups is 1. The molecule has 31 heavy (non-hydrogen) atoms. The fraction of sp³-hybridized carbons (Fsp3) is 0.625. The lowest BCUT2D eigenvalue weighted by atomic mass is 9.88. The maximum atomic E-state index is 12.3. The van der Waals surface area contributed by atoms with Gasteiger partial charge in [0.1, 0.15) is 5.76 Å². The van der Waals surface area contributed by atoms with Crippen LogP contribution in [-0.4, -0.2) is 36.8 Å². The van der Waals surface area contributed by atoms with Crippen LogP contribution in [0.4, 0.5) is 4.48 Å². The highest BCUT2D eigenvalue weighted by Crippen LogP contribution is 2.37. The number of rotatable bonds is 8. The molecule has 1 aliphatic heterocycles. The van der Waals surface area contributed by atoms with Crippen molar-refractivity contribution in [2.75, 3.05) is 20.1 Å². The van der Waals surface area contributed by atoms with Gasteiger partial charge in [-0.1, -0.05) is 47.3 Å². The summed E-state index contributed by atoms with van der Waals surface area (Å²) in [5.74, 6) is 0.326. The SMILES string of the molecule is C=C(C)C1=C(/C(C)=C/O)CCC(C)(C(=O)NCCCNF)O1.C=CNC.CC.CCC. The lowest BCUT2D eigenvalue weighted by Gasteiger charge is -2.36. The van der Waals surface area contributed by atoms with Gasteiger partial charge < -0.3 is 20.5 Å². The Balaban J connectivity index is -0.000000745. The van der Waals surface area contributed by atoms with Gasteiger partial charge in [-0.25, -0.2) is 0 Å². The molecule has 0 radical (unpaired) electrons. The lowest BCUT2D eigenvalue weighted by molar-refractivity contribution is -0.141. The number of allylic oxidation sites excluding steroid dienone is 3. The number of halogens is 1. The van der Waals surface area contributed by atoms with Crippen LogP contribution >= 0.6 is 0 Å². The first-order chi connectivity index (χ1) is 14.7. The van der Waals surface area contributed by atoms with Crippen LogP contribution in [0.3, 0.4) is 0 Å². The normalized spacial score (nSPS) is 17.3. The van der Waals surface area contributed by atoms with Crippen molar-refractivity contribution in [1.29, 1.82) is 0 Å². The molecule has 7 heteroatoms. The monoisotopic (exact) mass is 443 g/mol. The van der Waals surface area contributed by atoms with Gasteiger partial charge in [-0.15, -0.1) is 4.48 Å². The third-order valence-corrected chi connectivity index (χ3v) is 3.93. The molecule has 0 aromatic rings. The fourth-order valence-corrected chi connectivity index (χ4v) is 2.32. The standard InChI is InChI=1S/C16H25FN2O3.C3H7N.C3H8.C2H6/c1-11(2)14-13(12(3)10-20)6-7-16(4,22-14)15(21)18-8-5-9-19-17;1-3-4-2;1-3-2;1-2/h10,19-20H,1,5-9H2,2-4H3,(H,18,21);3-4H,1H2,2H3;3H2,1-2H3;1-2H3/b12-10+;;;. The summed E-state index contributed by atoms with van der Waals surface area (Å²) in [6.07, 6.45) is 5.52. The summed E-state index contributed by atoms with van der Waals surface area (Å²) in [4.78, 5) is 12.3. The Morgan fingerprint density at radius 3 is 2.19 bits per heavy atom. The Bertz CT molecular complexity index is 574. The van der Waals surface area contributed by atoms with Crippen molar-refractivity contribution in [2.24, 2.45) is 0 Å². The number of hydrogen-bond acceptors (Lipinski definition) is 5. The third-order valence-electron chi connectivity index (χ3n) is 3.93. The van der Waals surface area contributed by atoms with E-state index in [-0.39, 0.29) is 12.5 Å². The van der Waals surface area contributed by atoms with Crippen LogP contribution in [0.1, 0.15) is 74.1 Å². The molecular formula is C24H46FN3O3. The molecule has 1 heterocycles. The summed E-state index contributed by atoms with van der Waals surface area (Å²) in [6.45, 7) is 21.4. The van der Waals surface area contributed by atoms with Crippen molar-refractivity contribution < 1.29 is 19.1 Å². The number of carbonyl (C=O) groups excluding carboxylic acids is 1. The quantitative estimate of drug-likeness (QED) is 0.222. The number of aliphatic hydroxyl groups excluding tert-OH is 1. The molecule has 1 amide bonds. The average molecular weight is 444 g/mol. The minimum atomic E-state index is -0.989. The maximum absolute atomic E-state index is 12.3. The fourth-order valence-electron chi connectivity index (χ4n) is 2.32. The molecule has 0 aromatic carbocycles. The van der Waals surface area contributed by atoms with E-state index in [9.17, 15) is 14.4 Å².